The average Bonchev–Trinajstić information content (AvgIpc) is 2.99. The monoisotopic (exact) mass is 284 g/mol. The molecule has 1 fully saturated rings. The summed E-state index contributed by atoms with van der Waals surface area (Å²) < 4.78 is 0. The Bertz CT molecular complexity index is 473. The molecule has 2 rings (SSSR count). The minimum absolute atomic E-state index is 0.422. The van der Waals surface area contributed by atoms with E-state index in [9.17, 15) is 0 Å². The second-order valence-electron chi connectivity index (χ2n) is 6.46. The van der Waals surface area contributed by atoms with Crippen molar-refractivity contribution in [2.24, 2.45) is 11.7 Å². The molecular weight excluding hydrogens is 256 g/mol. The highest BCUT2D eigenvalue weighted by Gasteiger charge is 2.23. The first kappa shape index (κ1) is 16.1. The van der Waals surface area contributed by atoms with Gasteiger partial charge in [0.1, 0.15) is 0 Å². The van der Waals surface area contributed by atoms with Crippen molar-refractivity contribution in [2.45, 2.75) is 52.1 Å². The van der Waals surface area contributed by atoms with E-state index in [2.05, 4.69) is 54.9 Å². The molecule has 2 N–H and O–H groups in total. The Morgan fingerprint density at radius 2 is 1.86 bits per heavy atom. The molecule has 1 saturated carbocycles. The Balaban J connectivity index is 2.01. The Hall–Kier alpha value is -1.30. The van der Waals surface area contributed by atoms with Crippen LogP contribution in [0.25, 0.3) is 0 Å². The normalized spacial score (nSPS) is 15.5. The van der Waals surface area contributed by atoms with E-state index < -0.39 is 0 Å². The first-order valence-electron chi connectivity index (χ1n) is 8.21. The van der Waals surface area contributed by atoms with Crippen molar-refractivity contribution >= 4 is 0 Å². The van der Waals surface area contributed by atoms with Gasteiger partial charge in [0.25, 0.3) is 0 Å². The molecule has 0 aliphatic heterocycles. The Morgan fingerprint density at radius 1 is 1.19 bits per heavy atom. The van der Waals surface area contributed by atoms with Crippen LogP contribution in [0.3, 0.4) is 0 Å². The first-order chi connectivity index (χ1) is 10.2. The molecule has 1 aliphatic rings. The highest BCUT2D eigenvalue weighted by Crippen LogP contribution is 2.25. The van der Waals surface area contributed by atoms with E-state index in [1.54, 1.807) is 0 Å². The molecule has 0 spiro atoms. The summed E-state index contributed by atoms with van der Waals surface area (Å²) in [6.07, 6.45) is 5.53. The zero-order chi connectivity index (χ0) is 15.1. The molecule has 0 unspecified atom stereocenters. The predicted molar refractivity (Wildman–Crippen MR) is 89.9 cm³/mol. The zero-order valence-corrected chi connectivity index (χ0v) is 13.4. The molecule has 0 radical (unpaired) electrons. The van der Waals surface area contributed by atoms with Gasteiger partial charge in [-0.25, -0.2) is 0 Å². The van der Waals surface area contributed by atoms with E-state index in [1.807, 2.05) is 0 Å². The fraction of sp³-hybridized carbons (Fsp3) is 0.579. The lowest BCUT2D eigenvalue weighted by Crippen LogP contribution is -2.35. The topological polar surface area (TPSA) is 29.3 Å². The van der Waals surface area contributed by atoms with Crippen LogP contribution in [0.15, 0.2) is 24.3 Å². The van der Waals surface area contributed by atoms with Crippen LogP contribution in [0.5, 0.6) is 0 Å². The molecule has 2 nitrogen and oxygen atoms in total. The van der Waals surface area contributed by atoms with Gasteiger partial charge in [0, 0.05) is 24.7 Å². The summed E-state index contributed by atoms with van der Waals surface area (Å²) in [4.78, 5) is 2.68. The molecule has 0 heterocycles. The summed E-state index contributed by atoms with van der Waals surface area (Å²) in [5.41, 5.74) is 7.85. The third kappa shape index (κ3) is 5.19. The first-order valence-corrected chi connectivity index (χ1v) is 8.21. The van der Waals surface area contributed by atoms with Crippen LogP contribution in [0.2, 0.25) is 0 Å². The molecule has 21 heavy (non-hydrogen) atoms. The lowest BCUT2D eigenvalue weighted by molar-refractivity contribution is 0.168. The van der Waals surface area contributed by atoms with Gasteiger partial charge in [-0.05, 0) is 36.5 Å². The lowest BCUT2D eigenvalue weighted by atomic mass is 10.1. The van der Waals surface area contributed by atoms with Crippen molar-refractivity contribution in [3.8, 4) is 11.8 Å². The maximum Gasteiger partial charge on any atom is 0.0555 e. The van der Waals surface area contributed by atoms with Gasteiger partial charge in [0.05, 0.1) is 6.54 Å². The SMILES string of the molecule is CC(C)CN(Cc1ccc(C#CCN)cc1)C1CCCC1. The molecule has 114 valence electrons. The van der Waals surface area contributed by atoms with Crippen LogP contribution in [0.1, 0.15) is 50.7 Å². The summed E-state index contributed by atoms with van der Waals surface area (Å²) in [6, 6.07) is 9.43. The van der Waals surface area contributed by atoms with Crippen LogP contribution in [0.4, 0.5) is 0 Å². The molecule has 0 saturated heterocycles. The van der Waals surface area contributed by atoms with Gasteiger partial charge in [-0.15, -0.1) is 0 Å². The quantitative estimate of drug-likeness (QED) is 0.840. The summed E-state index contributed by atoms with van der Waals surface area (Å²) in [5.74, 6) is 6.71. The van der Waals surface area contributed by atoms with Gasteiger partial charge < -0.3 is 5.73 Å². The van der Waals surface area contributed by atoms with Crippen LogP contribution in [-0.2, 0) is 6.54 Å². The average molecular weight is 284 g/mol. The molecule has 1 aliphatic carbocycles. The van der Waals surface area contributed by atoms with E-state index in [0.29, 0.717) is 6.54 Å². The fourth-order valence-corrected chi connectivity index (χ4v) is 3.16. The molecule has 0 atom stereocenters. The fourth-order valence-electron chi connectivity index (χ4n) is 3.16. The van der Waals surface area contributed by atoms with Crippen molar-refractivity contribution in [1.29, 1.82) is 0 Å². The van der Waals surface area contributed by atoms with Gasteiger partial charge in [-0.1, -0.05) is 50.7 Å². The zero-order valence-electron chi connectivity index (χ0n) is 13.4. The van der Waals surface area contributed by atoms with Crippen LogP contribution in [0, 0.1) is 17.8 Å². The van der Waals surface area contributed by atoms with Crippen LogP contribution >= 0.6 is 0 Å². The van der Waals surface area contributed by atoms with Crippen molar-refractivity contribution in [1.82, 2.24) is 4.90 Å². The van der Waals surface area contributed by atoms with Gasteiger partial charge in [0.2, 0.25) is 0 Å². The summed E-state index contributed by atoms with van der Waals surface area (Å²) in [7, 11) is 0. The summed E-state index contributed by atoms with van der Waals surface area (Å²) in [6.45, 7) is 7.30. The number of hydrogen-bond acceptors (Lipinski definition) is 2. The van der Waals surface area contributed by atoms with Gasteiger partial charge >= 0.3 is 0 Å². The number of hydrogen-bond donors (Lipinski definition) is 1. The maximum absolute atomic E-state index is 5.41. The van der Waals surface area contributed by atoms with E-state index in [4.69, 9.17) is 5.73 Å². The van der Waals surface area contributed by atoms with Gasteiger partial charge in [0.15, 0.2) is 0 Å². The van der Waals surface area contributed by atoms with E-state index in [-0.39, 0.29) is 0 Å². The second kappa shape index (κ2) is 8.22. The predicted octanol–water partition coefficient (Wildman–Crippen LogP) is 3.40. The highest BCUT2D eigenvalue weighted by molar-refractivity contribution is 5.36. The Labute approximate surface area is 129 Å². The Morgan fingerprint density at radius 3 is 2.43 bits per heavy atom. The molecule has 0 amide bonds. The Kier molecular flexibility index (Phi) is 6.29. The molecule has 0 bridgehead atoms. The summed E-state index contributed by atoms with van der Waals surface area (Å²) >= 11 is 0. The molecule has 1 aromatic rings. The molecule has 1 aromatic carbocycles. The largest absolute Gasteiger partial charge is 0.320 e. The minimum Gasteiger partial charge on any atom is -0.320 e. The summed E-state index contributed by atoms with van der Waals surface area (Å²) in [5, 5.41) is 0. The van der Waals surface area contributed by atoms with Crippen LogP contribution < -0.4 is 5.73 Å². The van der Waals surface area contributed by atoms with Crippen LogP contribution in [-0.4, -0.2) is 24.0 Å². The van der Waals surface area contributed by atoms with Crippen molar-refractivity contribution < 1.29 is 0 Å². The van der Waals surface area contributed by atoms with Gasteiger partial charge in [-0.3, -0.25) is 4.90 Å². The standard InChI is InChI=1S/C19H28N2/c1-16(2)14-21(19-7-3-4-8-19)15-18-11-9-17(10-12-18)6-5-13-20/h9-12,16,19H,3-4,7-8,13-15,20H2,1-2H3. The number of rotatable bonds is 5. The van der Waals surface area contributed by atoms with Crippen molar-refractivity contribution in [3.63, 3.8) is 0 Å². The molecule has 2 heteroatoms. The van der Waals surface area contributed by atoms with Crippen molar-refractivity contribution in [2.75, 3.05) is 13.1 Å². The van der Waals surface area contributed by atoms with Crippen molar-refractivity contribution in [3.05, 3.63) is 35.4 Å². The number of nitrogens with zero attached hydrogens (tertiary/aromatic N) is 1. The molecule has 0 aromatic heterocycles. The number of benzene rings is 1. The lowest BCUT2D eigenvalue weighted by Gasteiger charge is -2.30. The minimum atomic E-state index is 0.422. The highest BCUT2D eigenvalue weighted by atomic mass is 15.2. The van der Waals surface area contributed by atoms with Gasteiger partial charge in [-0.2, -0.15) is 0 Å². The molecular formula is C19H28N2. The second-order valence-corrected chi connectivity index (χ2v) is 6.46. The maximum atomic E-state index is 5.41. The van der Waals surface area contributed by atoms with E-state index >= 15 is 0 Å². The number of nitrogens with two attached hydrogens (primary N) is 1. The third-order valence-corrected chi connectivity index (χ3v) is 4.12. The smallest absolute Gasteiger partial charge is 0.0555 e. The third-order valence-electron chi connectivity index (χ3n) is 4.12. The van der Waals surface area contributed by atoms with E-state index in [0.717, 1.165) is 24.1 Å². The van der Waals surface area contributed by atoms with E-state index in [1.165, 1.54) is 37.8 Å².